The van der Waals surface area contributed by atoms with E-state index in [2.05, 4.69) is 104 Å². The summed E-state index contributed by atoms with van der Waals surface area (Å²) >= 11 is 3.54. The van der Waals surface area contributed by atoms with Crippen molar-refractivity contribution >= 4 is 50.3 Å². The molecule has 1 saturated heterocycles. The highest BCUT2D eigenvalue weighted by atomic mass is 79.9. The summed E-state index contributed by atoms with van der Waals surface area (Å²) in [4.78, 5) is 6.40. The van der Waals surface area contributed by atoms with Crippen molar-refractivity contribution < 1.29 is 9.31 Å². The first kappa shape index (κ1) is 21.2. The van der Waals surface area contributed by atoms with E-state index in [4.69, 9.17) is 9.31 Å². The second-order valence-electron chi connectivity index (χ2n) is 8.96. The molecule has 0 atom stereocenters. The summed E-state index contributed by atoms with van der Waals surface area (Å²) in [7, 11) is -0.301. The highest BCUT2D eigenvalue weighted by molar-refractivity contribution is 9.10. The van der Waals surface area contributed by atoms with Crippen LogP contribution in [0.4, 0.5) is 0 Å². The smallest absolute Gasteiger partial charge is 0.399 e. The molecule has 0 aliphatic carbocycles. The maximum atomic E-state index is 6.17. The van der Waals surface area contributed by atoms with Gasteiger partial charge in [0.25, 0.3) is 0 Å². The molecule has 6 heteroatoms. The Morgan fingerprint density at radius 3 is 1.83 bits per heavy atom. The Balaban J connectivity index is 0.000000168. The lowest BCUT2D eigenvalue weighted by atomic mass is 9.74. The first-order valence-electron chi connectivity index (χ1n) is 10.3. The molecule has 0 amide bonds. The minimum absolute atomic E-state index is 0.301. The molecule has 0 unspecified atom stereocenters. The van der Waals surface area contributed by atoms with E-state index in [9.17, 15) is 0 Å². The van der Waals surface area contributed by atoms with E-state index in [0.717, 1.165) is 11.0 Å². The van der Waals surface area contributed by atoms with Crippen LogP contribution in [0.5, 0.6) is 0 Å². The highest BCUT2D eigenvalue weighted by Gasteiger charge is 2.52. The van der Waals surface area contributed by atoms with Gasteiger partial charge < -0.3 is 19.3 Å². The lowest BCUT2D eigenvalue weighted by Crippen LogP contribution is -2.41. The number of fused-ring (bicyclic) bond motifs is 2. The molecule has 5 rings (SSSR count). The van der Waals surface area contributed by atoms with Gasteiger partial charge in [-0.2, -0.15) is 0 Å². The van der Waals surface area contributed by atoms with Gasteiger partial charge in [-0.05, 0) is 98.2 Å². The van der Waals surface area contributed by atoms with Crippen molar-refractivity contribution in [2.24, 2.45) is 0 Å². The molecular weight excluding hydrogens is 439 g/mol. The standard InChI is InChI=1S/C15H20BNO2.C9H8BrN/c1-10-6-7-12-11(8-9-17-12)13(10)16-18-14(2,3)15(4,5)19-16;1-6-2-3-8-7(9(6)10)4-5-11-8/h6-9,17H,1-5H3;2-5,11H,1H3. The van der Waals surface area contributed by atoms with E-state index in [1.807, 2.05) is 12.4 Å². The van der Waals surface area contributed by atoms with Gasteiger partial charge in [-0.25, -0.2) is 0 Å². The average molecular weight is 467 g/mol. The number of rotatable bonds is 1. The summed E-state index contributed by atoms with van der Waals surface area (Å²) in [5.74, 6) is 0. The molecule has 1 aliphatic heterocycles. The number of aromatic amines is 2. The number of hydrogen-bond acceptors (Lipinski definition) is 2. The van der Waals surface area contributed by atoms with Gasteiger partial charge in [0.05, 0.1) is 11.2 Å². The highest BCUT2D eigenvalue weighted by Crippen LogP contribution is 2.37. The van der Waals surface area contributed by atoms with E-state index < -0.39 is 0 Å². The quantitative estimate of drug-likeness (QED) is 0.337. The first-order chi connectivity index (χ1) is 14.1. The number of hydrogen-bond donors (Lipinski definition) is 2. The minimum atomic E-state index is -0.303. The summed E-state index contributed by atoms with van der Waals surface area (Å²) in [6, 6.07) is 12.6. The summed E-state index contributed by atoms with van der Waals surface area (Å²) in [5, 5.41) is 2.43. The van der Waals surface area contributed by atoms with Gasteiger partial charge in [0.1, 0.15) is 0 Å². The Kier molecular flexibility index (Phi) is 5.37. The predicted octanol–water partition coefficient (Wildman–Crippen LogP) is 6.01. The van der Waals surface area contributed by atoms with E-state index >= 15 is 0 Å². The van der Waals surface area contributed by atoms with Crippen molar-refractivity contribution in [3.63, 3.8) is 0 Å². The van der Waals surface area contributed by atoms with Gasteiger partial charge in [0, 0.05) is 33.3 Å². The van der Waals surface area contributed by atoms with Crippen molar-refractivity contribution in [2.75, 3.05) is 0 Å². The van der Waals surface area contributed by atoms with E-state index in [1.54, 1.807) is 0 Å². The fourth-order valence-electron chi connectivity index (χ4n) is 3.74. The van der Waals surface area contributed by atoms with Crippen LogP contribution in [0.2, 0.25) is 0 Å². The molecular formula is C24H28BBrN2O2. The van der Waals surface area contributed by atoms with Crippen molar-refractivity contribution in [3.05, 3.63) is 64.4 Å². The predicted molar refractivity (Wildman–Crippen MR) is 129 cm³/mol. The lowest BCUT2D eigenvalue weighted by molar-refractivity contribution is 0.00578. The minimum Gasteiger partial charge on any atom is -0.399 e. The maximum absolute atomic E-state index is 6.17. The fourth-order valence-corrected chi connectivity index (χ4v) is 4.22. The topological polar surface area (TPSA) is 50.0 Å². The summed E-state index contributed by atoms with van der Waals surface area (Å²) in [6.45, 7) is 12.5. The number of aryl methyl sites for hydroxylation is 2. The van der Waals surface area contributed by atoms with Crippen LogP contribution < -0.4 is 5.46 Å². The van der Waals surface area contributed by atoms with Gasteiger partial charge >= 0.3 is 7.12 Å². The number of nitrogens with one attached hydrogen (secondary N) is 2. The van der Waals surface area contributed by atoms with Crippen LogP contribution >= 0.6 is 15.9 Å². The molecule has 2 N–H and O–H groups in total. The molecule has 30 heavy (non-hydrogen) atoms. The lowest BCUT2D eigenvalue weighted by Gasteiger charge is -2.32. The van der Waals surface area contributed by atoms with Crippen LogP contribution in [0.3, 0.4) is 0 Å². The van der Waals surface area contributed by atoms with Crippen LogP contribution in [0.25, 0.3) is 21.8 Å². The fraction of sp³-hybridized carbons (Fsp3) is 0.333. The van der Waals surface area contributed by atoms with E-state index in [-0.39, 0.29) is 18.3 Å². The number of aromatic nitrogens is 2. The molecule has 3 heterocycles. The molecule has 0 bridgehead atoms. The zero-order valence-electron chi connectivity index (χ0n) is 18.4. The maximum Gasteiger partial charge on any atom is 0.495 e. The van der Waals surface area contributed by atoms with Crippen LogP contribution in [-0.4, -0.2) is 28.3 Å². The van der Waals surface area contributed by atoms with Crippen molar-refractivity contribution in [3.8, 4) is 0 Å². The Morgan fingerprint density at radius 1 is 0.733 bits per heavy atom. The molecule has 1 fully saturated rings. The van der Waals surface area contributed by atoms with Crippen LogP contribution in [0, 0.1) is 13.8 Å². The monoisotopic (exact) mass is 466 g/mol. The Labute approximate surface area is 186 Å². The average Bonchev–Trinajstić information content (AvgIpc) is 3.37. The van der Waals surface area contributed by atoms with Crippen LogP contribution in [0.1, 0.15) is 38.8 Å². The largest absolute Gasteiger partial charge is 0.495 e. The third kappa shape index (κ3) is 3.62. The number of halogens is 1. The summed E-state index contributed by atoms with van der Waals surface area (Å²) < 4.78 is 13.5. The molecule has 156 valence electrons. The first-order valence-corrected chi connectivity index (χ1v) is 11.0. The SMILES string of the molecule is Cc1ccc2[nH]ccc2c1B1OC(C)(C)C(C)(C)O1.Cc1ccc2[nH]ccc2c1Br. The normalized spacial score (nSPS) is 17.4. The Bertz CT molecular complexity index is 1190. The number of benzene rings is 2. The van der Waals surface area contributed by atoms with E-state index in [0.29, 0.717) is 0 Å². The Hall–Kier alpha value is -2.02. The zero-order chi connectivity index (χ0) is 21.7. The Morgan fingerprint density at radius 2 is 1.23 bits per heavy atom. The molecule has 0 saturated carbocycles. The summed E-state index contributed by atoms with van der Waals surface area (Å²) in [6.07, 6.45) is 3.91. The van der Waals surface area contributed by atoms with Crippen molar-refractivity contribution in [1.82, 2.24) is 9.97 Å². The van der Waals surface area contributed by atoms with Gasteiger partial charge in [0.2, 0.25) is 0 Å². The molecule has 2 aromatic carbocycles. The summed E-state index contributed by atoms with van der Waals surface area (Å²) in [5.41, 5.74) is 5.31. The third-order valence-corrected chi connectivity index (χ3v) is 7.40. The number of H-pyrrole nitrogens is 2. The zero-order valence-corrected chi connectivity index (χ0v) is 20.0. The van der Waals surface area contributed by atoms with Gasteiger partial charge in [-0.3, -0.25) is 0 Å². The van der Waals surface area contributed by atoms with Crippen molar-refractivity contribution in [1.29, 1.82) is 0 Å². The van der Waals surface area contributed by atoms with Crippen molar-refractivity contribution in [2.45, 2.75) is 52.7 Å². The molecule has 0 radical (unpaired) electrons. The van der Waals surface area contributed by atoms with Crippen LogP contribution in [0.15, 0.2) is 53.3 Å². The van der Waals surface area contributed by atoms with Gasteiger partial charge in [-0.15, -0.1) is 0 Å². The van der Waals surface area contributed by atoms with Gasteiger partial charge in [0.15, 0.2) is 0 Å². The molecule has 0 spiro atoms. The van der Waals surface area contributed by atoms with Crippen LogP contribution in [-0.2, 0) is 9.31 Å². The van der Waals surface area contributed by atoms with Gasteiger partial charge in [-0.1, -0.05) is 17.7 Å². The second-order valence-corrected chi connectivity index (χ2v) is 9.75. The third-order valence-electron chi connectivity index (χ3n) is 6.34. The second kappa shape index (κ2) is 7.59. The molecule has 4 nitrogen and oxygen atoms in total. The molecule has 4 aromatic rings. The molecule has 1 aliphatic rings. The van der Waals surface area contributed by atoms with E-state index in [1.165, 1.54) is 31.9 Å². The molecule has 2 aromatic heterocycles.